The number of hydrogen-bond donors (Lipinski definition) is 0. The van der Waals surface area contributed by atoms with E-state index in [9.17, 15) is 9.59 Å². The van der Waals surface area contributed by atoms with Gasteiger partial charge in [-0.15, -0.1) is 0 Å². The number of Topliss-reactive ketones (excluding diaryl/α,β-unsaturated/α-hetero) is 2. The van der Waals surface area contributed by atoms with Crippen LogP contribution in [0.3, 0.4) is 0 Å². The molecule has 0 fully saturated rings. The lowest BCUT2D eigenvalue weighted by atomic mass is 9.97. The molecule has 1 atom stereocenters. The van der Waals surface area contributed by atoms with Crippen LogP contribution in [0.5, 0.6) is 0 Å². The third kappa shape index (κ3) is 10.4. The van der Waals surface area contributed by atoms with Gasteiger partial charge in [-0.05, 0) is 52.4 Å². The number of carbonyl (C=O) groups is 2. The molecule has 2 heteroatoms. The first-order chi connectivity index (χ1) is 8.82. The fraction of sp³-hybridized carbons (Fsp3) is 0.647. The molecule has 0 aromatic rings. The zero-order valence-electron chi connectivity index (χ0n) is 13.1. The normalized spacial score (nSPS) is 13.0. The van der Waals surface area contributed by atoms with Crippen LogP contribution in [-0.2, 0) is 9.59 Å². The number of ketones is 2. The molecule has 0 amide bonds. The van der Waals surface area contributed by atoms with Crippen molar-refractivity contribution in [1.29, 1.82) is 0 Å². The van der Waals surface area contributed by atoms with Crippen LogP contribution in [0.1, 0.15) is 66.7 Å². The molecule has 0 radical (unpaired) electrons. The molecule has 0 aliphatic rings. The molecule has 0 saturated carbocycles. The SMILES string of the molecule is CC(=O)C(=O)CC(C)CC/C=C(\C)CCC=C(C)C. The van der Waals surface area contributed by atoms with Gasteiger partial charge in [0.2, 0.25) is 0 Å². The second kappa shape index (κ2) is 9.71. The molecule has 0 aromatic heterocycles. The van der Waals surface area contributed by atoms with Gasteiger partial charge >= 0.3 is 0 Å². The maximum absolute atomic E-state index is 11.3. The summed E-state index contributed by atoms with van der Waals surface area (Å²) in [7, 11) is 0. The van der Waals surface area contributed by atoms with Gasteiger partial charge in [0, 0.05) is 13.3 Å². The third-order valence-corrected chi connectivity index (χ3v) is 3.17. The first-order valence-electron chi connectivity index (χ1n) is 7.15. The quantitative estimate of drug-likeness (QED) is 0.449. The molecule has 2 nitrogen and oxygen atoms in total. The molecular weight excluding hydrogens is 236 g/mol. The topological polar surface area (TPSA) is 34.1 Å². The van der Waals surface area contributed by atoms with Crippen molar-refractivity contribution in [3.63, 3.8) is 0 Å². The predicted octanol–water partition coefficient (Wildman–Crippen LogP) is 4.64. The zero-order chi connectivity index (χ0) is 14.8. The molecule has 0 aromatic carbocycles. The average molecular weight is 264 g/mol. The van der Waals surface area contributed by atoms with E-state index in [2.05, 4.69) is 32.9 Å². The largest absolute Gasteiger partial charge is 0.291 e. The van der Waals surface area contributed by atoms with Gasteiger partial charge in [-0.1, -0.05) is 30.2 Å². The lowest BCUT2D eigenvalue weighted by Crippen LogP contribution is -2.13. The Hall–Kier alpha value is -1.18. The Kier molecular flexibility index (Phi) is 9.11. The molecule has 0 aliphatic carbocycles. The molecule has 19 heavy (non-hydrogen) atoms. The highest BCUT2D eigenvalue weighted by molar-refractivity contribution is 6.36. The van der Waals surface area contributed by atoms with Crippen LogP contribution in [0.15, 0.2) is 23.3 Å². The maximum Gasteiger partial charge on any atom is 0.198 e. The summed E-state index contributed by atoms with van der Waals surface area (Å²) in [6.07, 6.45) is 9.07. The Morgan fingerprint density at radius 2 is 1.63 bits per heavy atom. The average Bonchev–Trinajstić information content (AvgIpc) is 2.28. The van der Waals surface area contributed by atoms with E-state index in [1.165, 1.54) is 18.1 Å². The smallest absolute Gasteiger partial charge is 0.198 e. The minimum Gasteiger partial charge on any atom is -0.291 e. The van der Waals surface area contributed by atoms with E-state index in [-0.39, 0.29) is 11.6 Å². The highest BCUT2D eigenvalue weighted by Gasteiger charge is 2.12. The summed E-state index contributed by atoms with van der Waals surface area (Å²) in [4.78, 5) is 22.2. The summed E-state index contributed by atoms with van der Waals surface area (Å²) in [5.74, 6) is -0.268. The Balaban J connectivity index is 3.90. The van der Waals surface area contributed by atoms with Gasteiger partial charge in [0.15, 0.2) is 11.6 Å². The van der Waals surface area contributed by atoms with Gasteiger partial charge in [-0.25, -0.2) is 0 Å². The molecule has 0 rings (SSSR count). The van der Waals surface area contributed by atoms with E-state index in [4.69, 9.17) is 0 Å². The fourth-order valence-electron chi connectivity index (χ4n) is 1.87. The summed E-state index contributed by atoms with van der Waals surface area (Å²) < 4.78 is 0. The maximum atomic E-state index is 11.3. The number of carbonyl (C=O) groups excluding carboxylic acids is 2. The number of hydrogen-bond acceptors (Lipinski definition) is 2. The molecule has 0 N–H and O–H groups in total. The molecule has 0 saturated heterocycles. The summed E-state index contributed by atoms with van der Waals surface area (Å²) in [5, 5.41) is 0. The Morgan fingerprint density at radius 1 is 1.00 bits per heavy atom. The summed E-state index contributed by atoms with van der Waals surface area (Å²) >= 11 is 0. The van der Waals surface area contributed by atoms with Crippen LogP contribution in [0, 0.1) is 5.92 Å². The third-order valence-electron chi connectivity index (χ3n) is 3.17. The van der Waals surface area contributed by atoms with Crippen molar-refractivity contribution in [2.24, 2.45) is 5.92 Å². The van der Waals surface area contributed by atoms with Gasteiger partial charge in [-0.2, -0.15) is 0 Å². The van der Waals surface area contributed by atoms with Crippen LogP contribution in [0.25, 0.3) is 0 Å². The van der Waals surface area contributed by atoms with E-state index in [1.807, 2.05) is 6.92 Å². The van der Waals surface area contributed by atoms with Gasteiger partial charge in [0.1, 0.15) is 0 Å². The molecule has 0 heterocycles. The number of allylic oxidation sites excluding steroid dienone is 4. The summed E-state index contributed by atoms with van der Waals surface area (Å²) in [6.45, 7) is 9.78. The van der Waals surface area contributed by atoms with Gasteiger partial charge in [-0.3, -0.25) is 9.59 Å². The van der Waals surface area contributed by atoms with Crippen LogP contribution in [-0.4, -0.2) is 11.6 Å². The first-order valence-corrected chi connectivity index (χ1v) is 7.15. The minimum absolute atomic E-state index is 0.239. The summed E-state index contributed by atoms with van der Waals surface area (Å²) in [5.41, 5.74) is 2.77. The Morgan fingerprint density at radius 3 is 2.16 bits per heavy atom. The van der Waals surface area contributed by atoms with Crippen LogP contribution >= 0.6 is 0 Å². The molecule has 108 valence electrons. The zero-order valence-corrected chi connectivity index (χ0v) is 13.1. The van der Waals surface area contributed by atoms with E-state index in [0.29, 0.717) is 12.3 Å². The fourth-order valence-corrected chi connectivity index (χ4v) is 1.87. The van der Waals surface area contributed by atoms with E-state index in [1.54, 1.807) is 0 Å². The monoisotopic (exact) mass is 264 g/mol. The van der Waals surface area contributed by atoms with Crippen LogP contribution in [0.4, 0.5) is 0 Å². The van der Waals surface area contributed by atoms with Crippen LogP contribution < -0.4 is 0 Å². The molecule has 0 spiro atoms. The molecular formula is C17H28O2. The predicted molar refractivity (Wildman–Crippen MR) is 81.1 cm³/mol. The highest BCUT2D eigenvalue weighted by atomic mass is 16.2. The van der Waals surface area contributed by atoms with Gasteiger partial charge in [0.05, 0.1) is 0 Å². The lowest BCUT2D eigenvalue weighted by molar-refractivity contribution is -0.135. The first kappa shape index (κ1) is 17.8. The van der Waals surface area contributed by atoms with Crippen LogP contribution in [0.2, 0.25) is 0 Å². The highest BCUT2D eigenvalue weighted by Crippen LogP contribution is 2.14. The van der Waals surface area contributed by atoms with E-state index < -0.39 is 0 Å². The lowest BCUT2D eigenvalue weighted by Gasteiger charge is -2.08. The minimum atomic E-state index is -0.319. The Labute approximate surface area is 118 Å². The molecule has 1 unspecified atom stereocenters. The molecule has 0 bridgehead atoms. The van der Waals surface area contributed by atoms with Crippen molar-refractivity contribution in [1.82, 2.24) is 0 Å². The van der Waals surface area contributed by atoms with Crippen molar-refractivity contribution < 1.29 is 9.59 Å². The second-order valence-electron chi connectivity index (χ2n) is 5.74. The van der Waals surface area contributed by atoms with Crippen molar-refractivity contribution >= 4 is 11.6 Å². The van der Waals surface area contributed by atoms with Gasteiger partial charge in [0.25, 0.3) is 0 Å². The van der Waals surface area contributed by atoms with Crippen molar-refractivity contribution in [3.8, 4) is 0 Å². The van der Waals surface area contributed by atoms with Crippen molar-refractivity contribution in [2.75, 3.05) is 0 Å². The van der Waals surface area contributed by atoms with E-state index in [0.717, 1.165) is 25.7 Å². The van der Waals surface area contributed by atoms with E-state index >= 15 is 0 Å². The van der Waals surface area contributed by atoms with Gasteiger partial charge < -0.3 is 0 Å². The Bertz CT molecular complexity index is 357. The summed E-state index contributed by atoms with van der Waals surface area (Å²) in [6, 6.07) is 0. The molecule has 0 aliphatic heterocycles. The van der Waals surface area contributed by atoms with Crippen molar-refractivity contribution in [2.45, 2.75) is 66.7 Å². The number of rotatable bonds is 9. The second-order valence-corrected chi connectivity index (χ2v) is 5.74. The standard InChI is InChI=1S/C17H28O2/c1-13(2)8-6-9-14(3)10-7-11-15(4)12-17(19)16(5)18/h8,10,15H,6-7,9,11-12H2,1-5H3/b14-10+. The van der Waals surface area contributed by atoms with Crippen molar-refractivity contribution in [3.05, 3.63) is 23.3 Å².